The monoisotopic (exact) mass is 834 g/mol. The van der Waals surface area contributed by atoms with Crippen molar-refractivity contribution in [3.63, 3.8) is 0 Å². The Morgan fingerprint density at radius 1 is 0.726 bits per heavy atom. The molecular formula is C48H50N8O6. The minimum atomic E-state index is -1.47. The number of alkyl carbamates (subject to hydrolysis) is 1. The Morgan fingerprint density at radius 2 is 1.21 bits per heavy atom. The SMILES string of the molecule is COC(=O)N[C@@H](Cc1ccccc1)C(=O)N1CCCC1c1ncc(-c2ccc(-c3ccc(-c4cnc([C@@H]5CCCN5C(=O)[C@](C)(Cc5ccccc5)OC(N)=O)[nH]4)cc3)cc2)[nH]1. The largest absolute Gasteiger partial charge is 0.453 e. The van der Waals surface area contributed by atoms with Crippen LogP contribution in [-0.4, -0.2) is 85.6 Å². The summed E-state index contributed by atoms with van der Waals surface area (Å²) in [5.74, 6) is 0.890. The molecule has 4 heterocycles. The molecule has 0 aliphatic carbocycles. The van der Waals surface area contributed by atoms with Crippen LogP contribution in [0.2, 0.25) is 0 Å². The molecule has 1 unspecified atom stereocenters. The number of primary amides is 1. The molecule has 0 spiro atoms. The van der Waals surface area contributed by atoms with Gasteiger partial charge in [0.2, 0.25) is 5.91 Å². The standard InChI is InChI=1S/C48H50N8O6/c1-48(62-46(49)59,28-32-13-7-4-8-14-32)45(58)56-26-10-16-41(56)43-51-30-39(53-43)36-23-19-34(20-24-36)33-17-21-35(22-18-33)38-29-50-42(52-38)40-15-9-25-55(40)44(57)37(54-47(60)61-2)27-31-11-5-3-6-12-31/h3-8,11-14,17-24,29-30,37,40-41H,9-10,15-16,25-28H2,1-2H3,(H2,49,59)(H,50,52)(H,51,53)(H,54,60)/t37-,40?,41-,48-/m0/s1. The van der Waals surface area contributed by atoms with E-state index in [-0.39, 0.29) is 30.3 Å². The molecule has 2 aliphatic heterocycles. The Balaban J connectivity index is 0.920. The molecule has 2 fully saturated rings. The van der Waals surface area contributed by atoms with Gasteiger partial charge in [0.05, 0.1) is 43.0 Å². The first-order valence-electron chi connectivity index (χ1n) is 20.9. The van der Waals surface area contributed by atoms with Gasteiger partial charge in [-0.3, -0.25) is 9.59 Å². The van der Waals surface area contributed by atoms with Crippen molar-refractivity contribution in [2.45, 2.75) is 69.2 Å². The van der Waals surface area contributed by atoms with Gasteiger partial charge < -0.3 is 40.3 Å². The van der Waals surface area contributed by atoms with Gasteiger partial charge in [-0.05, 0) is 66.0 Å². The average Bonchev–Trinajstić information content (AvgIpc) is 4.14. The maximum atomic E-state index is 14.1. The number of hydrogen-bond donors (Lipinski definition) is 4. The van der Waals surface area contributed by atoms with E-state index in [0.29, 0.717) is 31.2 Å². The van der Waals surface area contributed by atoms with Gasteiger partial charge in [-0.25, -0.2) is 19.6 Å². The van der Waals surface area contributed by atoms with E-state index in [2.05, 4.69) is 39.6 Å². The molecule has 8 rings (SSSR count). The predicted molar refractivity (Wildman–Crippen MR) is 233 cm³/mol. The molecule has 0 saturated carbocycles. The molecule has 4 atom stereocenters. The van der Waals surface area contributed by atoms with Crippen molar-refractivity contribution in [3.05, 3.63) is 144 Å². The van der Waals surface area contributed by atoms with E-state index in [1.807, 2.05) is 84.9 Å². The smallest absolute Gasteiger partial charge is 0.407 e. The number of methoxy groups -OCH3 is 1. The van der Waals surface area contributed by atoms with Crippen LogP contribution in [0.5, 0.6) is 0 Å². The molecule has 14 heteroatoms. The summed E-state index contributed by atoms with van der Waals surface area (Å²) in [5.41, 5.74) is 11.4. The summed E-state index contributed by atoms with van der Waals surface area (Å²) < 4.78 is 10.3. The number of benzene rings is 4. The Labute approximate surface area is 359 Å². The molecule has 318 valence electrons. The van der Waals surface area contributed by atoms with Crippen molar-refractivity contribution in [1.29, 1.82) is 0 Å². The zero-order valence-corrected chi connectivity index (χ0v) is 34.8. The molecule has 5 N–H and O–H groups in total. The van der Waals surface area contributed by atoms with Crippen LogP contribution in [0.25, 0.3) is 33.6 Å². The lowest BCUT2D eigenvalue weighted by Crippen LogP contribution is -2.51. The molecule has 6 aromatic rings. The van der Waals surface area contributed by atoms with Gasteiger partial charge in [0.15, 0.2) is 5.60 Å². The number of H-pyrrole nitrogens is 2. The maximum absolute atomic E-state index is 14.1. The lowest BCUT2D eigenvalue weighted by molar-refractivity contribution is -0.150. The van der Waals surface area contributed by atoms with Gasteiger partial charge in [-0.1, -0.05) is 109 Å². The average molecular weight is 835 g/mol. The van der Waals surface area contributed by atoms with Gasteiger partial charge in [0, 0.05) is 25.9 Å². The molecule has 4 aromatic carbocycles. The number of carbonyl (C=O) groups is 4. The molecule has 2 aliphatic rings. The fourth-order valence-electron chi connectivity index (χ4n) is 8.72. The fourth-order valence-corrected chi connectivity index (χ4v) is 8.72. The van der Waals surface area contributed by atoms with Crippen LogP contribution in [0.1, 0.15) is 67.5 Å². The number of nitrogens with zero attached hydrogens (tertiary/aromatic N) is 4. The zero-order chi connectivity index (χ0) is 43.2. The van der Waals surface area contributed by atoms with Crippen molar-refractivity contribution in [1.82, 2.24) is 35.1 Å². The Bertz CT molecular complexity index is 2510. The second kappa shape index (κ2) is 18.2. The van der Waals surface area contributed by atoms with E-state index in [1.165, 1.54) is 7.11 Å². The van der Waals surface area contributed by atoms with Gasteiger partial charge in [0.25, 0.3) is 5.91 Å². The highest BCUT2D eigenvalue weighted by Gasteiger charge is 2.45. The van der Waals surface area contributed by atoms with E-state index in [0.717, 1.165) is 70.5 Å². The first kappa shape index (κ1) is 41.5. The second-order valence-corrected chi connectivity index (χ2v) is 16.1. The minimum absolute atomic E-state index is 0.174. The first-order chi connectivity index (χ1) is 30.1. The molecule has 14 nitrogen and oxygen atoms in total. The van der Waals surface area contributed by atoms with Crippen LogP contribution in [-0.2, 0) is 31.9 Å². The number of aromatic amines is 2. The number of imidazole rings is 2. The summed E-state index contributed by atoms with van der Waals surface area (Å²) in [5, 5.41) is 2.74. The molecule has 0 bridgehead atoms. The van der Waals surface area contributed by atoms with Crippen LogP contribution in [0, 0.1) is 0 Å². The number of nitrogens with one attached hydrogen (secondary N) is 3. The molecule has 62 heavy (non-hydrogen) atoms. The number of amides is 4. The van der Waals surface area contributed by atoms with E-state index in [1.54, 1.807) is 29.1 Å². The number of likely N-dealkylation sites (tertiary alicyclic amines) is 2. The predicted octanol–water partition coefficient (Wildman–Crippen LogP) is 7.52. The number of hydrogen-bond acceptors (Lipinski definition) is 8. The number of ether oxygens (including phenoxy) is 2. The number of aromatic nitrogens is 4. The molecule has 2 saturated heterocycles. The highest BCUT2D eigenvalue weighted by Crippen LogP contribution is 2.36. The highest BCUT2D eigenvalue weighted by atomic mass is 16.6. The first-order valence-corrected chi connectivity index (χ1v) is 20.9. The summed E-state index contributed by atoms with van der Waals surface area (Å²) in [4.78, 5) is 72.0. The van der Waals surface area contributed by atoms with Crippen molar-refractivity contribution < 1.29 is 28.7 Å². The van der Waals surface area contributed by atoms with Crippen LogP contribution in [0.3, 0.4) is 0 Å². The number of rotatable bonds is 13. The van der Waals surface area contributed by atoms with Crippen molar-refractivity contribution in [3.8, 4) is 33.6 Å². The van der Waals surface area contributed by atoms with E-state index in [4.69, 9.17) is 25.2 Å². The van der Waals surface area contributed by atoms with Crippen LogP contribution in [0.15, 0.2) is 122 Å². The quantitative estimate of drug-likeness (QED) is 0.0919. The minimum Gasteiger partial charge on any atom is -0.453 e. The van der Waals surface area contributed by atoms with Gasteiger partial charge in [0.1, 0.15) is 17.7 Å². The van der Waals surface area contributed by atoms with Crippen molar-refractivity contribution in [2.75, 3.05) is 20.2 Å². The van der Waals surface area contributed by atoms with Crippen molar-refractivity contribution >= 4 is 24.0 Å². The number of nitrogens with two attached hydrogens (primary N) is 1. The van der Waals surface area contributed by atoms with Crippen LogP contribution < -0.4 is 11.1 Å². The Kier molecular flexibility index (Phi) is 12.2. The summed E-state index contributed by atoms with van der Waals surface area (Å²) in [6, 6.07) is 34.1. The van der Waals surface area contributed by atoms with E-state index in [9.17, 15) is 19.2 Å². The zero-order valence-electron chi connectivity index (χ0n) is 34.8. The van der Waals surface area contributed by atoms with E-state index < -0.39 is 23.8 Å². The Morgan fingerprint density at radius 3 is 1.73 bits per heavy atom. The van der Waals surface area contributed by atoms with Gasteiger partial charge in [-0.15, -0.1) is 0 Å². The highest BCUT2D eigenvalue weighted by molar-refractivity contribution is 5.88. The number of carbonyl (C=O) groups excluding carboxylic acids is 4. The molecular weight excluding hydrogens is 785 g/mol. The van der Waals surface area contributed by atoms with Crippen molar-refractivity contribution in [2.24, 2.45) is 5.73 Å². The maximum Gasteiger partial charge on any atom is 0.407 e. The van der Waals surface area contributed by atoms with Gasteiger partial charge in [-0.2, -0.15) is 0 Å². The normalized spacial score (nSPS) is 17.6. The third-order valence-electron chi connectivity index (χ3n) is 11.8. The summed E-state index contributed by atoms with van der Waals surface area (Å²) in [6.45, 7) is 2.69. The lowest BCUT2D eigenvalue weighted by Gasteiger charge is -2.34. The summed E-state index contributed by atoms with van der Waals surface area (Å²) in [7, 11) is 1.29. The second-order valence-electron chi connectivity index (χ2n) is 16.1. The lowest BCUT2D eigenvalue weighted by atomic mass is 9.94. The molecule has 0 radical (unpaired) electrons. The third kappa shape index (κ3) is 9.09. The van der Waals surface area contributed by atoms with Gasteiger partial charge >= 0.3 is 12.2 Å². The van der Waals surface area contributed by atoms with Crippen LogP contribution >= 0.6 is 0 Å². The third-order valence-corrected chi connectivity index (χ3v) is 11.8. The Hall–Kier alpha value is -7.22. The van der Waals surface area contributed by atoms with Crippen LogP contribution in [0.4, 0.5) is 9.59 Å². The van der Waals surface area contributed by atoms with E-state index >= 15 is 0 Å². The molecule has 4 amide bonds. The topological polar surface area (TPSA) is 189 Å². The summed E-state index contributed by atoms with van der Waals surface area (Å²) >= 11 is 0. The summed E-state index contributed by atoms with van der Waals surface area (Å²) in [6.07, 6.45) is 5.55. The molecule has 2 aromatic heterocycles. The fraction of sp³-hybridized carbons (Fsp3) is 0.292.